The van der Waals surface area contributed by atoms with Gasteiger partial charge in [0.15, 0.2) is 0 Å². The molecule has 4 nitrogen and oxygen atoms in total. The van der Waals surface area contributed by atoms with E-state index in [0.29, 0.717) is 20.9 Å². The van der Waals surface area contributed by atoms with Gasteiger partial charge in [-0.1, -0.05) is 39.7 Å². The summed E-state index contributed by atoms with van der Waals surface area (Å²) in [7, 11) is 0. The lowest BCUT2D eigenvalue weighted by Gasteiger charge is -2.11. The van der Waals surface area contributed by atoms with Crippen molar-refractivity contribution in [1.82, 2.24) is 0 Å². The predicted molar refractivity (Wildman–Crippen MR) is 80.3 cm³/mol. The van der Waals surface area contributed by atoms with Crippen LogP contribution >= 0.6 is 27.5 Å². The summed E-state index contributed by atoms with van der Waals surface area (Å²) in [5, 5.41) is 14.6. The Kier molecular flexibility index (Phi) is 4.07. The molecule has 0 amide bonds. The molecule has 0 aliphatic heterocycles. The van der Waals surface area contributed by atoms with Crippen molar-refractivity contribution in [1.29, 1.82) is 0 Å². The van der Waals surface area contributed by atoms with Crippen LogP contribution in [0.25, 0.3) is 0 Å². The molecular formula is C13H10BrClN2O2. The van der Waals surface area contributed by atoms with E-state index in [9.17, 15) is 10.1 Å². The zero-order valence-corrected chi connectivity index (χ0v) is 12.3. The van der Waals surface area contributed by atoms with Crippen LogP contribution in [0.1, 0.15) is 5.56 Å². The van der Waals surface area contributed by atoms with Crippen LogP contribution in [0.3, 0.4) is 0 Å². The van der Waals surface area contributed by atoms with E-state index in [1.165, 1.54) is 6.07 Å². The van der Waals surface area contributed by atoms with Crippen molar-refractivity contribution < 1.29 is 4.92 Å². The number of nitro groups is 1. The van der Waals surface area contributed by atoms with E-state index in [1.54, 1.807) is 18.2 Å². The van der Waals surface area contributed by atoms with Crippen molar-refractivity contribution in [2.24, 2.45) is 0 Å². The maximum atomic E-state index is 11.0. The van der Waals surface area contributed by atoms with Gasteiger partial charge < -0.3 is 5.32 Å². The molecule has 0 aliphatic rings. The van der Waals surface area contributed by atoms with Gasteiger partial charge in [-0.05, 0) is 30.7 Å². The van der Waals surface area contributed by atoms with E-state index >= 15 is 0 Å². The summed E-state index contributed by atoms with van der Waals surface area (Å²) in [6, 6.07) is 10.3. The molecule has 2 rings (SSSR count). The lowest BCUT2D eigenvalue weighted by Crippen LogP contribution is -1.99. The van der Waals surface area contributed by atoms with Crippen LogP contribution < -0.4 is 5.32 Å². The molecule has 1 N–H and O–H groups in total. The quantitative estimate of drug-likeness (QED) is 0.627. The monoisotopic (exact) mass is 340 g/mol. The third-order valence-electron chi connectivity index (χ3n) is 2.64. The zero-order chi connectivity index (χ0) is 14.0. The molecule has 0 bridgehead atoms. The van der Waals surface area contributed by atoms with Crippen molar-refractivity contribution >= 4 is 44.6 Å². The predicted octanol–water partition coefficient (Wildman–Crippen LogP) is 5.06. The SMILES string of the molecule is Cc1cccc(Cl)c1Nc1ccc(Br)cc1[N+](=O)[O-]. The molecule has 2 aromatic rings. The molecule has 0 atom stereocenters. The van der Waals surface area contributed by atoms with Crippen LogP contribution in [0.15, 0.2) is 40.9 Å². The molecule has 19 heavy (non-hydrogen) atoms. The van der Waals surface area contributed by atoms with E-state index in [-0.39, 0.29) is 5.69 Å². The van der Waals surface area contributed by atoms with Crippen LogP contribution in [0, 0.1) is 17.0 Å². The average Bonchev–Trinajstić information content (AvgIpc) is 2.35. The minimum atomic E-state index is -0.431. The molecule has 0 fully saturated rings. The molecule has 0 aliphatic carbocycles. The third-order valence-corrected chi connectivity index (χ3v) is 3.45. The van der Waals surface area contributed by atoms with Crippen LogP contribution in [-0.2, 0) is 0 Å². The van der Waals surface area contributed by atoms with E-state index in [1.807, 2.05) is 19.1 Å². The Morgan fingerprint density at radius 2 is 2.05 bits per heavy atom. The fourth-order valence-electron chi connectivity index (χ4n) is 1.69. The molecule has 0 unspecified atom stereocenters. The fourth-order valence-corrected chi connectivity index (χ4v) is 2.30. The number of nitrogens with zero attached hydrogens (tertiary/aromatic N) is 1. The van der Waals surface area contributed by atoms with E-state index in [0.717, 1.165) is 5.56 Å². The second-order valence-corrected chi connectivity index (χ2v) is 5.30. The standard InChI is InChI=1S/C13H10BrClN2O2/c1-8-3-2-4-10(15)13(8)16-11-6-5-9(14)7-12(11)17(18)19/h2-7,16H,1H3. The van der Waals surface area contributed by atoms with Crippen LogP contribution in [0.2, 0.25) is 5.02 Å². The number of anilines is 2. The van der Waals surface area contributed by atoms with Crippen LogP contribution in [0.5, 0.6) is 0 Å². The maximum absolute atomic E-state index is 11.0. The van der Waals surface area contributed by atoms with Crippen molar-refractivity contribution in [2.75, 3.05) is 5.32 Å². The van der Waals surface area contributed by atoms with Crippen molar-refractivity contribution in [2.45, 2.75) is 6.92 Å². The summed E-state index contributed by atoms with van der Waals surface area (Å²) in [6.45, 7) is 1.89. The van der Waals surface area contributed by atoms with E-state index in [2.05, 4.69) is 21.2 Å². The molecule has 0 saturated carbocycles. The molecule has 0 saturated heterocycles. The number of para-hydroxylation sites is 1. The molecule has 98 valence electrons. The van der Waals surface area contributed by atoms with Gasteiger partial charge in [0.1, 0.15) is 5.69 Å². The first-order valence-corrected chi connectivity index (χ1v) is 6.62. The second kappa shape index (κ2) is 5.59. The summed E-state index contributed by atoms with van der Waals surface area (Å²) < 4.78 is 0.653. The summed E-state index contributed by atoms with van der Waals surface area (Å²) in [5.74, 6) is 0. The summed E-state index contributed by atoms with van der Waals surface area (Å²) in [4.78, 5) is 10.6. The average molecular weight is 342 g/mol. The molecule has 0 aromatic heterocycles. The summed E-state index contributed by atoms with van der Waals surface area (Å²) in [5.41, 5.74) is 2.00. The Balaban J connectivity index is 2.47. The molecule has 0 spiro atoms. The number of nitrogens with one attached hydrogen (secondary N) is 1. The lowest BCUT2D eigenvalue weighted by atomic mass is 10.2. The Labute approximate surface area is 123 Å². The van der Waals surface area contributed by atoms with Gasteiger partial charge in [0, 0.05) is 10.5 Å². The number of benzene rings is 2. The number of hydrogen-bond acceptors (Lipinski definition) is 3. The minimum Gasteiger partial charge on any atom is -0.348 e. The third kappa shape index (κ3) is 3.05. The maximum Gasteiger partial charge on any atom is 0.293 e. The van der Waals surface area contributed by atoms with E-state index < -0.39 is 4.92 Å². The van der Waals surface area contributed by atoms with Crippen molar-refractivity contribution in [3.05, 3.63) is 61.6 Å². The number of halogens is 2. The first-order chi connectivity index (χ1) is 8.99. The summed E-state index contributed by atoms with van der Waals surface area (Å²) >= 11 is 9.32. The largest absolute Gasteiger partial charge is 0.348 e. The molecule has 0 heterocycles. The second-order valence-electron chi connectivity index (χ2n) is 3.98. The number of rotatable bonds is 3. The van der Waals surface area contributed by atoms with Gasteiger partial charge in [0.05, 0.1) is 15.6 Å². The van der Waals surface area contributed by atoms with E-state index in [4.69, 9.17) is 11.6 Å². The van der Waals surface area contributed by atoms with Crippen molar-refractivity contribution in [3.63, 3.8) is 0 Å². The first-order valence-electron chi connectivity index (χ1n) is 5.45. The van der Waals surface area contributed by atoms with Gasteiger partial charge >= 0.3 is 0 Å². The lowest BCUT2D eigenvalue weighted by molar-refractivity contribution is -0.384. The zero-order valence-electron chi connectivity index (χ0n) is 9.98. The number of hydrogen-bond donors (Lipinski definition) is 1. The normalized spacial score (nSPS) is 10.3. The Bertz CT molecular complexity index is 626. The highest BCUT2D eigenvalue weighted by atomic mass is 79.9. The van der Waals surface area contributed by atoms with Gasteiger partial charge in [-0.15, -0.1) is 0 Å². The number of aryl methyl sites for hydroxylation is 1. The highest BCUT2D eigenvalue weighted by molar-refractivity contribution is 9.10. The van der Waals surface area contributed by atoms with Crippen LogP contribution in [0.4, 0.5) is 17.1 Å². The summed E-state index contributed by atoms with van der Waals surface area (Å²) in [6.07, 6.45) is 0. The van der Waals surface area contributed by atoms with Gasteiger partial charge in [0.25, 0.3) is 5.69 Å². The Morgan fingerprint density at radius 3 is 2.68 bits per heavy atom. The highest BCUT2D eigenvalue weighted by Gasteiger charge is 2.15. The Morgan fingerprint density at radius 1 is 1.32 bits per heavy atom. The highest BCUT2D eigenvalue weighted by Crippen LogP contribution is 2.34. The number of nitro benzene ring substituents is 1. The van der Waals surface area contributed by atoms with Gasteiger partial charge in [-0.25, -0.2) is 0 Å². The fraction of sp³-hybridized carbons (Fsp3) is 0.0769. The molecular weight excluding hydrogens is 332 g/mol. The minimum absolute atomic E-state index is 0.00584. The van der Waals surface area contributed by atoms with Crippen LogP contribution in [-0.4, -0.2) is 4.92 Å². The topological polar surface area (TPSA) is 55.2 Å². The van der Waals surface area contributed by atoms with Gasteiger partial charge in [-0.3, -0.25) is 10.1 Å². The molecule has 2 aromatic carbocycles. The first kappa shape index (κ1) is 13.8. The molecule has 0 radical (unpaired) electrons. The molecule has 6 heteroatoms. The Hall–Kier alpha value is -1.59. The van der Waals surface area contributed by atoms with Gasteiger partial charge in [-0.2, -0.15) is 0 Å². The van der Waals surface area contributed by atoms with Gasteiger partial charge in [0.2, 0.25) is 0 Å². The smallest absolute Gasteiger partial charge is 0.293 e. The van der Waals surface area contributed by atoms with Crippen molar-refractivity contribution in [3.8, 4) is 0 Å².